The lowest BCUT2D eigenvalue weighted by molar-refractivity contribution is 0.327. The van der Waals surface area contributed by atoms with Crippen LogP contribution < -0.4 is 10.5 Å². The Bertz CT molecular complexity index is 397. The van der Waals surface area contributed by atoms with Crippen molar-refractivity contribution in [1.29, 1.82) is 0 Å². The molecule has 0 amide bonds. The SMILES string of the molecule is CN(C)CC1=Cc2ccc(N)cc2OC1. The molecule has 1 aliphatic heterocycles. The van der Waals surface area contributed by atoms with Gasteiger partial charge in [-0.1, -0.05) is 0 Å². The van der Waals surface area contributed by atoms with E-state index in [1.165, 1.54) is 5.57 Å². The number of nitrogens with two attached hydrogens (primary N) is 1. The van der Waals surface area contributed by atoms with Crippen LogP contribution >= 0.6 is 0 Å². The van der Waals surface area contributed by atoms with Crippen molar-refractivity contribution in [3.05, 3.63) is 29.3 Å². The van der Waals surface area contributed by atoms with Crippen molar-refractivity contribution >= 4 is 11.8 Å². The summed E-state index contributed by atoms with van der Waals surface area (Å²) in [5.41, 5.74) is 8.84. The molecule has 0 saturated carbocycles. The molecule has 80 valence electrons. The smallest absolute Gasteiger partial charge is 0.129 e. The van der Waals surface area contributed by atoms with E-state index in [0.29, 0.717) is 6.61 Å². The Morgan fingerprint density at radius 2 is 2.20 bits per heavy atom. The van der Waals surface area contributed by atoms with Gasteiger partial charge in [-0.15, -0.1) is 0 Å². The van der Waals surface area contributed by atoms with Crippen molar-refractivity contribution < 1.29 is 4.74 Å². The molecule has 0 unspecified atom stereocenters. The first-order valence-electron chi connectivity index (χ1n) is 5.01. The highest BCUT2D eigenvalue weighted by molar-refractivity contribution is 5.65. The van der Waals surface area contributed by atoms with Gasteiger partial charge < -0.3 is 15.4 Å². The first-order valence-corrected chi connectivity index (χ1v) is 5.01. The van der Waals surface area contributed by atoms with Gasteiger partial charge in [0.2, 0.25) is 0 Å². The second-order valence-electron chi connectivity index (χ2n) is 4.13. The van der Waals surface area contributed by atoms with E-state index < -0.39 is 0 Å². The lowest BCUT2D eigenvalue weighted by Gasteiger charge is -2.20. The van der Waals surface area contributed by atoms with Gasteiger partial charge in [-0.05, 0) is 37.9 Å². The van der Waals surface area contributed by atoms with Crippen molar-refractivity contribution in [2.75, 3.05) is 33.0 Å². The van der Waals surface area contributed by atoms with E-state index in [1.54, 1.807) is 0 Å². The van der Waals surface area contributed by atoms with Crippen molar-refractivity contribution in [3.63, 3.8) is 0 Å². The molecule has 3 nitrogen and oxygen atoms in total. The van der Waals surface area contributed by atoms with E-state index in [-0.39, 0.29) is 0 Å². The number of fused-ring (bicyclic) bond motifs is 1. The molecule has 2 N–H and O–H groups in total. The molecule has 1 aliphatic rings. The van der Waals surface area contributed by atoms with Crippen LogP contribution in [0.3, 0.4) is 0 Å². The van der Waals surface area contributed by atoms with Gasteiger partial charge in [0.1, 0.15) is 12.4 Å². The molecule has 0 saturated heterocycles. The molecule has 0 aliphatic carbocycles. The molecule has 1 aromatic carbocycles. The standard InChI is InChI=1S/C12H16N2O/c1-14(2)7-9-5-10-3-4-11(13)6-12(10)15-8-9/h3-6H,7-8,13H2,1-2H3. The Morgan fingerprint density at radius 3 is 2.93 bits per heavy atom. The van der Waals surface area contributed by atoms with E-state index in [9.17, 15) is 0 Å². The van der Waals surface area contributed by atoms with Crippen LogP contribution in [0.1, 0.15) is 5.56 Å². The van der Waals surface area contributed by atoms with Crippen molar-refractivity contribution in [3.8, 4) is 5.75 Å². The van der Waals surface area contributed by atoms with Gasteiger partial charge in [0.15, 0.2) is 0 Å². The predicted octanol–water partition coefficient (Wildman–Crippen LogP) is 1.61. The molecule has 2 rings (SSSR count). The molecule has 3 heteroatoms. The largest absolute Gasteiger partial charge is 0.488 e. The van der Waals surface area contributed by atoms with Crippen molar-refractivity contribution in [2.45, 2.75) is 0 Å². The quantitative estimate of drug-likeness (QED) is 0.744. The Balaban J connectivity index is 2.25. The molecule has 0 radical (unpaired) electrons. The molecule has 1 aromatic rings. The number of ether oxygens (including phenoxy) is 1. The summed E-state index contributed by atoms with van der Waals surface area (Å²) in [6.45, 7) is 1.60. The minimum absolute atomic E-state index is 0.661. The minimum Gasteiger partial charge on any atom is -0.488 e. The Labute approximate surface area is 90.1 Å². The van der Waals surface area contributed by atoms with Crippen LogP contribution in [0, 0.1) is 0 Å². The number of hydrogen-bond donors (Lipinski definition) is 1. The fourth-order valence-corrected chi connectivity index (χ4v) is 1.72. The van der Waals surface area contributed by atoms with Gasteiger partial charge in [0.05, 0.1) is 0 Å². The average molecular weight is 204 g/mol. The summed E-state index contributed by atoms with van der Waals surface area (Å²) in [5.74, 6) is 0.887. The Morgan fingerprint density at radius 1 is 1.40 bits per heavy atom. The van der Waals surface area contributed by atoms with Crippen molar-refractivity contribution in [2.24, 2.45) is 0 Å². The van der Waals surface area contributed by atoms with E-state index in [4.69, 9.17) is 10.5 Å². The molecule has 0 aromatic heterocycles. The third kappa shape index (κ3) is 2.30. The van der Waals surface area contributed by atoms with Gasteiger partial charge in [-0.2, -0.15) is 0 Å². The van der Waals surface area contributed by atoms with E-state index in [2.05, 4.69) is 25.1 Å². The minimum atomic E-state index is 0.661. The van der Waals surface area contributed by atoms with Gasteiger partial charge in [0, 0.05) is 23.9 Å². The number of nitrogens with zero attached hydrogens (tertiary/aromatic N) is 1. The van der Waals surface area contributed by atoms with Gasteiger partial charge in [0.25, 0.3) is 0 Å². The molecule has 15 heavy (non-hydrogen) atoms. The molecule has 1 heterocycles. The molecule has 0 fully saturated rings. The zero-order valence-corrected chi connectivity index (χ0v) is 9.16. The van der Waals surface area contributed by atoms with E-state index in [0.717, 1.165) is 23.5 Å². The van der Waals surface area contributed by atoms with Crippen LogP contribution in [0.2, 0.25) is 0 Å². The third-order valence-corrected chi connectivity index (χ3v) is 2.33. The normalized spacial score (nSPS) is 14.5. The lowest BCUT2D eigenvalue weighted by atomic mass is 10.1. The fourth-order valence-electron chi connectivity index (χ4n) is 1.72. The maximum Gasteiger partial charge on any atom is 0.129 e. The van der Waals surface area contributed by atoms with Gasteiger partial charge in [-0.25, -0.2) is 0 Å². The zero-order chi connectivity index (χ0) is 10.8. The Kier molecular flexibility index (Phi) is 2.64. The summed E-state index contributed by atoms with van der Waals surface area (Å²) in [4.78, 5) is 2.14. The summed E-state index contributed by atoms with van der Waals surface area (Å²) in [6.07, 6.45) is 2.18. The molecular weight excluding hydrogens is 188 g/mol. The maximum atomic E-state index is 5.69. The van der Waals surface area contributed by atoms with Gasteiger partial charge in [-0.3, -0.25) is 0 Å². The summed E-state index contributed by atoms with van der Waals surface area (Å²) in [5, 5.41) is 0. The van der Waals surface area contributed by atoms with Crippen LogP contribution in [0.15, 0.2) is 23.8 Å². The molecular formula is C12H16N2O. The molecule has 0 bridgehead atoms. The number of anilines is 1. The van der Waals surface area contributed by atoms with E-state index in [1.807, 2.05) is 18.2 Å². The number of benzene rings is 1. The van der Waals surface area contributed by atoms with Crippen LogP contribution in [0.25, 0.3) is 6.08 Å². The van der Waals surface area contributed by atoms with Crippen LogP contribution in [-0.4, -0.2) is 32.1 Å². The number of nitrogen functional groups attached to an aromatic ring is 1. The number of rotatable bonds is 2. The second kappa shape index (κ2) is 3.95. The highest BCUT2D eigenvalue weighted by atomic mass is 16.5. The third-order valence-electron chi connectivity index (χ3n) is 2.33. The average Bonchev–Trinajstić information content (AvgIpc) is 2.17. The highest BCUT2D eigenvalue weighted by Crippen LogP contribution is 2.28. The summed E-state index contributed by atoms with van der Waals surface area (Å²) in [6, 6.07) is 5.77. The van der Waals surface area contributed by atoms with E-state index >= 15 is 0 Å². The summed E-state index contributed by atoms with van der Waals surface area (Å²) in [7, 11) is 4.11. The topological polar surface area (TPSA) is 38.5 Å². The number of likely N-dealkylation sites (N-methyl/N-ethyl adjacent to an activating group) is 1. The fraction of sp³-hybridized carbons (Fsp3) is 0.333. The second-order valence-corrected chi connectivity index (χ2v) is 4.13. The maximum absolute atomic E-state index is 5.69. The number of hydrogen-bond acceptors (Lipinski definition) is 3. The first kappa shape index (κ1) is 10.1. The Hall–Kier alpha value is -1.48. The molecule has 0 spiro atoms. The van der Waals surface area contributed by atoms with Crippen LogP contribution in [0.4, 0.5) is 5.69 Å². The van der Waals surface area contributed by atoms with Crippen LogP contribution in [0.5, 0.6) is 5.75 Å². The summed E-state index contributed by atoms with van der Waals surface area (Å²) < 4.78 is 5.64. The molecule has 0 atom stereocenters. The summed E-state index contributed by atoms with van der Waals surface area (Å²) >= 11 is 0. The zero-order valence-electron chi connectivity index (χ0n) is 9.16. The van der Waals surface area contributed by atoms with Crippen LogP contribution in [-0.2, 0) is 0 Å². The van der Waals surface area contributed by atoms with Gasteiger partial charge >= 0.3 is 0 Å². The first-order chi connectivity index (χ1) is 7.15. The lowest BCUT2D eigenvalue weighted by Crippen LogP contribution is -2.20. The van der Waals surface area contributed by atoms with Crippen molar-refractivity contribution in [1.82, 2.24) is 4.90 Å². The highest BCUT2D eigenvalue weighted by Gasteiger charge is 2.11. The predicted molar refractivity (Wildman–Crippen MR) is 62.9 cm³/mol. The monoisotopic (exact) mass is 204 g/mol.